The summed E-state index contributed by atoms with van der Waals surface area (Å²) < 4.78 is 44.2. The summed E-state index contributed by atoms with van der Waals surface area (Å²) in [4.78, 5) is 15.5. The van der Waals surface area contributed by atoms with E-state index >= 15 is 0 Å². The molecule has 2 aromatic rings. The fraction of sp³-hybridized carbons (Fsp3) is 0.333. The average Bonchev–Trinajstić information content (AvgIpc) is 2.75. The number of esters is 1. The second-order valence-electron chi connectivity index (χ2n) is 4.16. The van der Waals surface area contributed by atoms with Crippen LogP contribution in [0.25, 0.3) is 10.2 Å². The van der Waals surface area contributed by atoms with Crippen LogP contribution in [-0.2, 0) is 15.1 Å². The molecule has 0 fully saturated rings. The molecule has 1 heterocycles. The minimum absolute atomic E-state index is 0.175. The summed E-state index contributed by atoms with van der Waals surface area (Å²) in [5.74, 6) is -1.77. The number of nitrogens with two attached hydrogens (primary N) is 1. The van der Waals surface area contributed by atoms with E-state index in [9.17, 15) is 23.1 Å². The molecule has 0 saturated carbocycles. The molecule has 0 aliphatic heterocycles. The highest BCUT2D eigenvalue weighted by atomic mass is 32.1. The lowest BCUT2D eigenvalue weighted by Crippen LogP contribution is -2.50. The van der Waals surface area contributed by atoms with E-state index in [0.29, 0.717) is 10.2 Å². The zero-order chi connectivity index (χ0) is 15.8. The number of thiazole rings is 1. The van der Waals surface area contributed by atoms with Crippen molar-refractivity contribution in [2.75, 3.05) is 12.3 Å². The third kappa shape index (κ3) is 2.54. The van der Waals surface area contributed by atoms with Crippen LogP contribution in [0.1, 0.15) is 12.5 Å². The van der Waals surface area contributed by atoms with Gasteiger partial charge >= 0.3 is 12.1 Å². The first-order valence-corrected chi connectivity index (χ1v) is 6.64. The Hall–Kier alpha value is -1.87. The van der Waals surface area contributed by atoms with Gasteiger partial charge < -0.3 is 15.6 Å². The number of nitrogens with zero attached hydrogens (tertiary/aromatic N) is 1. The van der Waals surface area contributed by atoms with Crippen molar-refractivity contribution in [3.63, 3.8) is 0 Å². The van der Waals surface area contributed by atoms with Crippen molar-refractivity contribution in [1.29, 1.82) is 0 Å². The van der Waals surface area contributed by atoms with Crippen LogP contribution in [0.2, 0.25) is 0 Å². The van der Waals surface area contributed by atoms with E-state index in [-0.39, 0.29) is 11.7 Å². The summed E-state index contributed by atoms with van der Waals surface area (Å²) in [6.45, 7) is 1.06. The number of aromatic nitrogens is 1. The van der Waals surface area contributed by atoms with Gasteiger partial charge in [0.05, 0.1) is 16.8 Å². The van der Waals surface area contributed by atoms with E-state index < -0.39 is 23.3 Å². The summed E-state index contributed by atoms with van der Waals surface area (Å²) in [7, 11) is 0. The van der Waals surface area contributed by atoms with Crippen LogP contribution in [0.4, 0.5) is 18.3 Å². The van der Waals surface area contributed by atoms with Gasteiger partial charge in [-0.1, -0.05) is 17.4 Å². The molecule has 3 N–H and O–H groups in total. The number of carbonyl (C=O) groups is 1. The minimum atomic E-state index is -5.22. The van der Waals surface area contributed by atoms with E-state index in [0.717, 1.165) is 23.5 Å². The Labute approximate surface area is 121 Å². The maximum absolute atomic E-state index is 13.2. The number of aliphatic hydroxyl groups is 1. The maximum atomic E-state index is 13.2. The third-order valence-corrected chi connectivity index (χ3v) is 3.65. The van der Waals surface area contributed by atoms with Gasteiger partial charge in [-0.2, -0.15) is 13.2 Å². The molecule has 0 bridgehead atoms. The molecule has 21 heavy (non-hydrogen) atoms. The van der Waals surface area contributed by atoms with Crippen LogP contribution in [0.3, 0.4) is 0 Å². The molecule has 1 atom stereocenters. The van der Waals surface area contributed by atoms with Crippen LogP contribution < -0.4 is 5.73 Å². The quantitative estimate of drug-likeness (QED) is 0.847. The number of hydrogen-bond donors (Lipinski definition) is 2. The molecule has 0 amide bonds. The van der Waals surface area contributed by atoms with Gasteiger partial charge in [-0.15, -0.1) is 0 Å². The fourth-order valence-corrected chi connectivity index (χ4v) is 2.57. The first kappa shape index (κ1) is 15.5. The molecule has 9 heteroatoms. The van der Waals surface area contributed by atoms with Crippen molar-refractivity contribution in [3.05, 3.63) is 23.8 Å². The molecule has 0 radical (unpaired) electrons. The lowest BCUT2D eigenvalue weighted by atomic mass is 9.93. The fourth-order valence-electron chi connectivity index (χ4n) is 1.80. The second kappa shape index (κ2) is 5.15. The van der Waals surface area contributed by atoms with Gasteiger partial charge in [0.1, 0.15) is 0 Å². The maximum Gasteiger partial charge on any atom is 0.432 e. The molecule has 0 aliphatic carbocycles. The molecule has 1 aromatic carbocycles. The molecule has 114 valence electrons. The predicted molar refractivity (Wildman–Crippen MR) is 70.6 cm³/mol. The Bertz CT molecular complexity index is 686. The normalized spacial score (nSPS) is 14.9. The number of hydrogen-bond acceptors (Lipinski definition) is 6. The number of ether oxygens (including phenoxy) is 1. The Kier molecular flexibility index (Phi) is 3.81. The summed E-state index contributed by atoms with van der Waals surface area (Å²) in [5, 5.41) is 10.1. The van der Waals surface area contributed by atoms with E-state index in [4.69, 9.17) is 5.73 Å². The summed E-state index contributed by atoms with van der Waals surface area (Å²) in [5.41, 5.74) is 1.50. The summed E-state index contributed by atoms with van der Waals surface area (Å²) in [6.07, 6.45) is -5.22. The smallest absolute Gasteiger partial charge is 0.432 e. The highest BCUT2D eigenvalue weighted by molar-refractivity contribution is 7.22. The zero-order valence-electron chi connectivity index (χ0n) is 10.8. The molecule has 1 aromatic heterocycles. The zero-order valence-corrected chi connectivity index (χ0v) is 11.6. The number of nitrogen functional groups attached to an aromatic ring is 1. The van der Waals surface area contributed by atoms with E-state index in [1.807, 2.05) is 0 Å². The number of halogens is 3. The SMILES string of the molecule is CCOC(=O)[C@@](O)(c1ccc2nc(N)sc2c1)C(F)(F)F. The van der Waals surface area contributed by atoms with Gasteiger partial charge in [-0.05, 0) is 19.1 Å². The van der Waals surface area contributed by atoms with Gasteiger partial charge in [0, 0.05) is 5.56 Å². The number of anilines is 1. The number of carbonyl (C=O) groups excluding carboxylic acids is 1. The Morgan fingerprint density at radius 2 is 2.14 bits per heavy atom. The Morgan fingerprint density at radius 1 is 1.48 bits per heavy atom. The Morgan fingerprint density at radius 3 is 2.71 bits per heavy atom. The third-order valence-electron chi connectivity index (χ3n) is 2.80. The molecular weight excluding hydrogens is 309 g/mol. The molecule has 0 aliphatic rings. The standard InChI is InChI=1S/C12H11F3N2O3S/c1-2-20-9(18)11(19,12(13,14)15)6-3-4-7-8(5-6)21-10(16)17-7/h3-5,19H,2H2,1H3,(H2,16,17)/t11-/m0/s1. The topological polar surface area (TPSA) is 85.4 Å². The van der Waals surface area contributed by atoms with Crippen molar-refractivity contribution >= 4 is 32.7 Å². The van der Waals surface area contributed by atoms with Crippen molar-refractivity contribution in [2.24, 2.45) is 0 Å². The first-order valence-electron chi connectivity index (χ1n) is 5.83. The number of benzene rings is 1. The Balaban J connectivity index is 2.60. The highest BCUT2D eigenvalue weighted by Gasteiger charge is 2.62. The lowest BCUT2D eigenvalue weighted by molar-refractivity contribution is -0.267. The van der Waals surface area contributed by atoms with E-state index in [2.05, 4.69) is 9.72 Å². The molecule has 0 saturated heterocycles. The monoisotopic (exact) mass is 320 g/mol. The van der Waals surface area contributed by atoms with Crippen LogP contribution in [-0.4, -0.2) is 28.8 Å². The van der Waals surface area contributed by atoms with Gasteiger partial charge in [0.25, 0.3) is 5.60 Å². The largest absolute Gasteiger partial charge is 0.463 e. The van der Waals surface area contributed by atoms with Gasteiger partial charge in [-0.25, -0.2) is 9.78 Å². The van der Waals surface area contributed by atoms with Gasteiger partial charge in [-0.3, -0.25) is 0 Å². The van der Waals surface area contributed by atoms with E-state index in [1.165, 1.54) is 13.0 Å². The van der Waals surface area contributed by atoms with Crippen LogP contribution in [0.5, 0.6) is 0 Å². The lowest BCUT2D eigenvalue weighted by Gasteiger charge is -2.28. The first-order chi connectivity index (χ1) is 9.70. The second-order valence-corrected chi connectivity index (χ2v) is 5.23. The van der Waals surface area contributed by atoms with Crippen LogP contribution in [0, 0.1) is 0 Å². The van der Waals surface area contributed by atoms with Crippen molar-refractivity contribution in [1.82, 2.24) is 4.98 Å². The number of fused-ring (bicyclic) bond motifs is 1. The molecular formula is C12H11F3N2O3S. The number of alkyl halides is 3. The van der Waals surface area contributed by atoms with Crippen molar-refractivity contribution in [2.45, 2.75) is 18.7 Å². The molecule has 5 nitrogen and oxygen atoms in total. The molecule has 2 rings (SSSR count). The van der Waals surface area contributed by atoms with Crippen LogP contribution in [0.15, 0.2) is 18.2 Å². The van der Waals surface area contributed by atoms with Crippen LogP contribution >= 0.6 is 11.3 Å². The minimum Gasteiger partial charge on any atom is -0.463 e. The number of rotatable bonds is 3. The van der Waals surface area contributed by atoms with Crippen molar-refractivity contribution < 1.29 is 27.8 Å². The average molecular weight is 320 g/mol. The summed E-state index contributed by atoms with van der Waals surface area (Å²) in [6, 6.07) is 3.27. The van der Waals surface area contributed by atoms with Gasteiger partial charge in [0.2, 0.25) is 0 Å². The molecule has 0 unspecified atom stereocenters. The molecule has 0 spiro atoms. The van der Waals surface area contributed by atoms with E-state index in [1.54, 1.807) is 0 Å². The van der Waals surface area contributed by atoms with Crippen molar-refractivity contribution in [3.8, 4) is 0 Å². The van der Waals surface area contributed by atoms with Gasteiger partial charge in [0.15, 0.2) is 5.13 Å². The highest BCUT2D eigenvalue weighted by Crippen LogP contribution is 2.41. The summed E-state index contributed by atoms with van der Waals surface area (Å²) >= 11 is 0.954. The predicted octanol–water partition coefficient (Wildman–Crippen LogP) is 2.19.